The molecule has 0 aromatic heterocycles. The molecule has 32 heavy (non-hydrogen) atoms. The number of rotatable bonds is 13. The summed E-state index contributed by atoms with van der Waals surface area (Å²) in [4.78, 5) is 47.3. The summed E-state index contributed by atoms with van der Waals surface area (Å²) < 4.78 is 20.5. The number of benzene rings is 1. The van der Waals surface area contributed by atoms with Crippen molar-refractivity contribution in [2.24, 2.45) is 5.92 Å². The highest BCUT2D eigenvalue weighted by Gasteiger charge is 2.21. The van der Waals surface area contributed by atoms with Gasteiger partial charge in [-0.3, -0.25) is 19.2 Å². The van der Waals surface area contributed by atoms with Crippen LogP contribution in [0.25, 0.3) is 0 Å². The second-order valence-corrected chi connectivity index (χ2v) is 7.49. The quantitative estimate of drug-likeness (QED) is 0.274. The van der Waals surface area contributed by atoms with Gasteiger partial charge in [0.05, 0.1) is 7.11 Å². The zero-order valence-corrected chi connectivity index (χ0v) is 19.4. The van der Waals surface area contributed by atoms with Gasteiger partial charge in [-0.05, 0) is 30.0 Å². The molecule has 1 aromatic rings. The van der Waals surface area contributed by atoms with Gasteiger partial charge in [0.1, 0.15) is 12.6 Å². The van der Waals surface area contributed by atoms with Crippen molar-refractivity contribution in [3.05, 3.63) is 23.8 Å². The van der Waals surface area contributed by atoms with E-state index in [1.807, 2.05) is 13.8 Å². The minimum absolute atomic E-state index is 0.0994. The number of ether oxygens (including phenoxy) is 4. The fourth-order valence-electron chi connectivity index (χ4n) is 2.64. The summed E-state index contributed by atoms with van der Waals surface area (Å²) in [5.41, 5.74) is 0.653. The van der Waals surface area contributed by atoms with Crippen LogP contribution < -0.4 is 14.8 Å². The predicted molar refractivity (Wildman–Crippen MR) is 116 cm³/mol. The number of hydrogen-bond donors (Lipinski definition) is 1. The van der Waals surface area contributed by atoms with Gasteiger partial charge >= 0.3 is 23.9 Å². The number of carbonyl (C=O) groups is 4. The number of methoxy groups -OCH3 is 1. The molecule has 0 unspecified atom stereocenters. The van der Waals surface area contributed by atoms with E-state index in [-0.39, 0.29) is 55.8 Å². The lowest BCUT2D eigenvalue weighted by Crippen LogP contribution is -2.41. The van der Waals surface area contributed by atoms with Crippen LogP contribution in [0.3, 0.4) is 0 Å². The van der Waals surface area contributed by atoms with Gasteiger partial charge in [-0.15, -0.1) is 0 Å². The van der Waals surface area contributed by atoms with E-state index in [4.69, 9.17) is 18.9 Å². The lowest BCUT2D eigenvalue weighted by molar-refractivity contribution is -0.144. The minimum Gasteiger partial charge on any atom is -0.468 e. The molecular weight excluding hydrogens is 418 g/mol. The Labute approximate surface area is 188 Å². The average Bonchev–Trinajstić information content (AvgIpc) is 2.76. The molecule has 9 heteroatoms. The second-order valence-electron chi connectivity index (χ2n) is 7.49. The first kappa shape index (κ1) is 27.1. The van der Waals surface area contributed by atoms with E-state index in [0.717, 1.165) is 0 Å². The molecule has 0 saturated carbocycles. The Kier molecular flexibility index (Phi) is 12.0. The first-order chi connectivity index (χ1) is 15.2. The zero-order valence-electron chi connectivity index (χ0n) is 19.4. The molecule has 0 saturated heterocycles. The summed E-state index contributed by atoms with van der Waals surface area (Å²) in [6.07, 6.45) is 0.853. The number of carbonyl (C=O) groups excluding carboxylic acids is 4. The normalized spacial score (nSPS) is 11.6. The van der Waals surface area contributed by atoms with Crippen molar-refractivity contribution in [3.8, 4) is 11.5 Å². The molecule has 9 nitrogen and oxygen atoms in total. The molecule has 1 atom stereocenters. The molecular formula is C23H33NO8. The van der Waals surface area contributed by atoms with E-state index in [0.29, 0.717) is 12.0 Å². The van der Waals surface area contributed by atoms with Crippen LogP contribution in [-0.2, 0) is 35.1 Å². The van der Waals surface area contributed by atoms with Crippen LogP contribution in [0, 0.1) is 5.92 Å². The van der Waals surface area contributed by atoms with Crippen LogP contribution in [0.15, 0.2) is 18.2 Å². The average molecular weight is 452 g/mol. The van der Waals surface area contributed by atoms with Gasteiger partial charge in [0.15, 0.2) is 11.5 Å². The molecule has 1 N–H and O–H groups in total. The van der Waals surface area contributed by atoms with Crippen molar-refractivity contribution in [1.29, 1.82) is 0 Å². The highest BCUT2D eigenvalue weighted by Crippen LogP contribution is 2.30. The van der Waals surface area contributed by atoms with Gasteiger partial charge in [0.2, 0.25) is 0 Å². The molecule has 1 aromatic carbocycles. The molecule has 1 rings (SSSR count). The molecule has 0 spiro atoms. The predicted octanol–water partition coefficient (Wildman–Crippen LogP) is 2.58. The summed E-state index contributed by atoms with van der Waals surface area (Å²) in [5.74, 6) is -1.31. The Morgan fingerprint density at radius 1 is 0.938 bits per heavy atom. The van der Waals surface area contributed by atoms with Crippen LogP contribution in [0.1, 0.15) is 52.5 Å². The van der Waals surface area contributed by atoms with Gasteiger partial charge in [-0.2, -0.15) is 0 Å². The van der Waals surface area contributed by atoms with E-state index >= 15 is 0 Å². The summed E-state index contributed by atoms with van der Waals surface area (Å²) in [6, 6.07) is 4.01. The van der Waals surface area contributed by atoms with Crippen LogP contribution in [0.4, 0.5) is 0 Å². The van der Waals surface area contributed by atoms with E-state index in [1.54, 1.807) is 26.0 Å². The fraction of sp³-hybridized carbons (Fsp3) is 0.565. The minimum atomic E-state index is -0.720. The largest absolute Gasteiger partial charge is 0.468 e. The van der Waals surface area contributed by atoms with E-state index in [2.05, 4.69) is 5.32 Å². The Balaban J connectivity index is 2.88. The highest BCUT2D eigenvalue weighted by molar-refractivity contribution is 5.77. The second kappa shape index (κ2) is 14.2. The molecule has 0 amide bonds. The molecule has 0 heterocycles. The van der Waals surface area contributed by atoms with Crippen LogP contribution in [-0.4, -0.2) is 50.2 Å². The molecule has 0 aliphatic rings. The molecule has 0 radical (unpaired) electrons. The third-order valence-corrected chi connectivity index (χ3v) is 4.29. The summed E-state index contributed by atoms with van der Waals surface area (Å²) in [7, 11) is 1.28. The SMILES string of the molecule is CCC(=O)Oc1ccc(C[C@H](NCCOC(=O)CC(C)C)C(=O)OC)cc1OC(=O)CC. The Morgan fingerprint density at radius 2 is 1.56 bits per heavy atom. The van der Waals surface area contributed by atoms with E-state index < -0.39 is 23.9 Å². The first-order valence-electron chi connectivity index (χ1n) is 10.7. The zero-order chi connectivity index (χ0) is 24.1. The summed E-state index contributed by atoms with van der Waals surface area (Å²) in [6.45, 7) is 7.52. The Bertz CT molecular complexity index is 790. The standard InChI is InChI=1S/C23H33NO8/c1-6-20(25)31-18-9-8-16(14-19(18)32-21(26)7-2)13-17(23(28)29-5)24-10-11-30-22(27)12-15(3)4/h8-9,14-15,17,24H,6-7,10-13H2,1-5H3/t17-/m0/s1. The molecule has 0 aliphatic carbocycles. The highest BCUT2D eigenvalue weighted by atomic mass is 16.6. The number of hydrogen-bond acceptors (Lipinski definition) is 9. The van der Waals surface area contributed by atoms with Crippen LogP contribution in [0.2, 0.25) is 0 Å². The van der Waals surface area contributed by atoms with Crippen molar-refractivity contribution < 1.29 is 38.1 Å². The maximum absolute atomic E-state index is 12.2. The van der Waals surface area contributed by atoms with Gasteiger partial charge in [-0.1, -0.05) is 33.8 Å². The molecule has 0 aliphatic heterocycles. The lowest BCUT2D eigenvalue weighted by Gasteiger charge is -2.18. The van der Waals surface area contributed by atoms with Crippen molar-refractivity contribution in [2.45, 2.75) is 59.4 Å². The first-order valence-corrected chi connectivity index (χ1v) is 10.7. The topological polar surface area (TPSA) is 117 Å². The van der Waals surface area contributed by atoms with E-state index in [9.17, 15) is 19.2 Å². The van der Waals surface area contributed by atoms with Gasteiger partial charge in [-0.25, -0.2) is 0 Å². The smallest absolute Gasteiger partial charge is 0.323 e. The van der Waals surface area contributed by atoms with E-state index in [1.165, 1.54) is 13.2 Å². The Morgan fingerprint density at radius 3 is 2.12 bits per heavy atom. The number of nitrogens with one attached hydrogen (secondary N) is 1. The van der Waals surface area contributed by atoms with Gasteiger partial charge in [0.25, 0.3) is 0 Å². The lowest BCUT2D eigenvalue weighted by atomic mass is 10.1. The fourth-order valence-corrected chi connectivity index (χ4v) is 2.64. The van der Waals surface area contributed by atoms with Crippen LogP contribution >= 0.6 is 0 Å². The Hall–Kier alpha value is -2.94. The summed E-state index contributed by atoms with van der Waals surface area (Å²) in [5, 5.41) is 3.01. The monoisotopic (exact) mass is 451 g/mol. The molecule has 0 fully saturated rings. The number of esters is 4. The van der Waals surface area contributed by atoms with Crippen molar-refractivity contribution in [1.82, 2.24) is 5.32 Å². The summed E-state index contributed by atoms with van der Waals surface area (Å²) >= 11 is 0. The molecule has 0 bridgehead atoms. The van der Waals surface area contributed by atoms with Crippen molar-refractivity contribution >= 4 is 23.9 Å². The molecule has 178 valence electrons. The third-order valence-electron chi connectivity index (χ3n) is 4.29. The van der Waals surface area contributed by atoms with Crippen molar-refractivity contribution in [3.63, 3.8) is 0 Å². The van der Waals surface area contributed by atoms with Crippen molar-refractivity contribution in [2.75, 3.05) is 20.3 Å². The maximum Gasteiger partial charge on any atom is 0.323 e. The third kappa shape index (κ3) is 9.91. The maximum atomic E-state index is 12.2. The van der Waals surface area contributed by atoms with Crippen LogP contribution in [0.5, 0.6) is 11.5 Å². The van der Waals surface area contributed by atoms with Gasteiger partial charge < -0.3 is 24.3 Å². The van der Waals surface area contributed by atoms with Gasteiger partial charge in [0, 0.05) is 25.8 Å².